The van der Waals surface area contributed by atoms with Gasteiger partial charge in [0.25, 0.3) is 0 Å². The Morgan fingerprint density at radius 1 is 0.833 bits per heavy atom. The zero-order valence-corrected chi connectivity index (χ0v) is 9.34. The lowest BCUT2D eigenvalue weighted by atomic mass is 9.87. The molecule has 2 heteroatoms. The van der Waals surface area contributed by atoms with Crippen LogP contribution >= 0.6 is 24.8 Å². The minimum absolute atomic E-state index is 0. The van der Waals surface area contributed by atoms with Crippen LogP contribution in [0.4, 0.5) is 0 Å². The molecule has 0 heterocycles. The largest absolute Gasteiger partial charge is 0.147 e. The molecular weight excluding hydrogens is 191 g/mol. The van der Waals surface area contributed by atoms with Gasteiger partial charge in [-0.2, -0.15) is 0 Å². The Morgan fingerprint density at radius 3 is 1.50 bits per heavy atom. The van der Waals surface area contributed by atoms with E-state index in [1.807, 2.05) is 0 Å². The lowest BCUT2D eigenvalue weighted by molar-refractivity contribution is 0.590. The monoisotopic (exact) mass is 206 g/mol. The van der Waals surface area contributed by atoms with Gasteiger partial charge in [0.05, 0.1) is 0 Å². The van der Waals surface area contributed by atoms with E-state index < -0.39 is 0 Å². The topological polar surface area (TPSA) is 0 Å². The Hall–Kier alpha value is -0.200. The van der Waals surface area contributed by atoms with Crippen LogP contribution in [0.1, 0.15) is 26.3 Å². The van der Waals surface area contributed by atoms with Crippen LogP contribution in [0.15, 0.2) is 30.3 Å². The molecule has 0 aliphatic carbocycles. The van der Waals surface area contributed by atoms with Gasteiger partial charge in [-0.15, -0.1) is 24.8 Å². The Balaban J connectivity index is 0. The summed E-state index contributed by atoms with van der Waals surface area (Å²) in [5, 5.41) is 0. The minimum atomic E-state index is 0. The predicted octanol–water partition coefficient (Wildman–Crippen LogP) is 3.83. The van der Waals surface area contributed by atoms with E-state index in [0.717, 1.165) is 0 Å². The molecular formula is C10H16Cl2. The van der Waals surface area contributed by atoms with Gasteiger partial charge in [-0.1, -0.05) is 51.1 Å². The first-order chi connectivity index (χ1) is 4.61. The third kappa shape index (κ3) is 3.99. The quantitative estimate of drug-likeness (QED) is 0.606. The van der Waals surface area contributed by atoms with E-state index in [1.54, 1.807) is 0 Å². The molecule has 0 nitrogen and oxygen atoms in total. The second-order valence-corrected chi connectivity index (χ2v) is 3.62. The summed E-state index contributed by atoms with van der Waals surface area (Å²) in [5.41, 5.74) is 1.69. The van der Waals surface area contributed by atoms with Crippen molar-refractivity contribution >= 4 is 24.8 Å². The number of rotatable bonds is 0. The Morgan fingerprint density at radius 2 is 1.25 bits per heavy atom. The van der Waals surface area contributed by atoms with Crippen molar-refractivity contribution in [2.24, 2.45) is 0 Å². The van der Waals surface area contributed by atoms with Gasteiger partial charge in [-0.05, 0) is 11.0 Å². The van der Waals surface area contributed by atoms with Crippen molar-refractivity contribution < 1.29 is 0 Å². The molecule has 0 saturated carbocycles. The van der Waals surface area contributed by atoms with Crippen molar-refractivity contribution in [2.75, 3.05) is 0 Å². The number of benzene rings is 1. The maximum Gasteiger partial charge on any atom is -0.0132 e. The van der Waals surface area contributed by atoms with Crippen LogP contribution in [0, 0.1) is 0 Å². The van der Waals surface area contributed by atoms with Crippen LogP contribution in [0.25, 0.3) is 0 Å². The van der Waals surface area contributed by atoms with E-state index in [2.05, 4.69) is 51.1 Å². The van der Waals surface area contributed by atoms with E-state index >= 15 is 0 Å². The molecule has 0 atom stereocenters. The van der Waals surface area contributed by atoms with Crippen LogP contribution in [-0.4, -0.2) is 0 Å². The molecule has 0 aliphatic rings. The molecule has 0 fully saturated rings. The first-order valence-corrected chi connectivity index (χ1v) is 3.66. The molecule has 1 rings (SSSR count). The fourth-order valence-electron chi connectivity index (χ4n) is 0.938. The SMILES string of the molecule is CC(C)(C)c1ccccc1.Cl.Cl. The molecule has 70 valence electrons. The fraction of sp³-hybridized carbons (Fsp3) is 0.400. The van der Waals surface area contributed by atoms with Gasteiger partial charge in [0.15, 0.2) is 0 Å². The van der Waals surface area contributed by atoms with Gasteiger partial charge in [0.1, 0.15) is 0 Å². The summed E-state index contributed by atoms with van der Waals surface area (Å²) in [4.78, 5) is 0. The molecule has 0 spiro atoms. The lowest BCUT2D eigenvalue weighted by Gasteiger charge is -2.18. The third-order valence-electron chi connectivity index (χ3n) is 1.64. The van der Waals surface area contributed by atoms with Gasteiger partial charge >= 0.3 is 0 Å². The molecule has 0 aromatic heterocycles. The molecule has 0 aliphatic heterocycles. The molecule has 0 saturated heterocycles. The number of hydrogen-bond donors (Lipinski definition) is 0. The number of halogens is 2. The van der Waals surface area contributed by atoms with Gasteiger partial charge in [0, 0.05) is 0 Å². The van der Waals surface area contributed by atoms with Crippen LogP contribution in [0.3, 0.4) is 0 Å². The zero-order valence-electron chi connectivity index (χ0n) is 7.70. The summed E-state index contributed by atoms with van der Waals surface area (Å²) < 4.78 is 0. The maximum absolute atomic E-state index is 2.22. The fourth-order valence-corrected chi connectivity index (χ4v) is 0.938. The average molecular weight is 207 g/mol. The zero-order chi connectivity index (χ0) is 7.61. The highest BCUT2D eigenvalue weighted by Gasteiger charge is 2.11. The van der Waals surface area contributed by atoms with Crippen LogP contribution in [-0.2, 0) is 5.41 Å². The highest BCUT2D eigenvalue weighted by molar-refractivity contribution is 5.85. The summed E-state index contributed by atoms with van der Waals surface area (Å²) >= 11 is 0. The van der Waals surface area contributed by atoms with Crippen molar-refractivity contribution in [3.63, 3.8) is 0 Å². The number of hydrogen-bond acceptors (Lipinski definition) is 0. The molecule has 0 N–H and O–H groups in total. The molecule has 12 heavy (non-hydrogen) atoms. The standard InChI is InChI=1S/C10H14.2ClH/c1-10(2,3)9-7-5-4-6-8-9;;/h4-8H,1-3H3;2*1H. The van der Waals surface area contributed by atoms with Crippen molar-refractivity contribution in [1.29, 1.82) is 0 Å². The van der Waals surface area contributed by atoms with Crippen molar-refractivity contribution in [3.8, 4) is 0 Å². The van der Waals surface area contributed by atoms with Crippen molar-refractivity contribution in [3.05, 3.63) is 35.9 Å². The van der Waals surface area contributed by atoms with Crippen LogP contribution < -0.4 is 0 Å². The van der Waals surface area contributed by atoms with E-state index in [1.165, 1.54) is 5.56 Å². The van der Waals surface area contributed by atoms with Crippen LogP contribution in [0.5, 0.6) is 0 Å². The Kier molecular flexibility index (Phi) is 6.50. The molecule has 0 amide bonds. The summed E-state index contributed by atoms with van der Waals surface area (Å²) in [6.45, 7) is 6.67. The normalized spacial score (nSPS) is 9.58. The second kappa shape index (κ2) is 5.45. The summed E-state index contributed by atoms with van der Waals surface area (Å²) in [5.74, 6) is 0. The van der Waals surface area contributed by atoms with E-state index in [9.17, 15) is 0 Å². The molecule has 1 aromatic rings. The van der Waals surface area contributed by atoms with Gasteiger partial charge < -0.3 is 0 Å². The summed E-state index contributed by atoms with van der Waals surface area (Å²) in [6.07, 6.45) is 0. The Labute approximate surface area is 87.2 Å². The first-order valence-electron chi connectivity index (χ1n) is 3.66. The highest BCUT2D eigenvalue weighted by Crippen LogP contribution is 2.20. The predicted molar refractivity (Wildman–Crippen MR) is 59.6 cm³/mol. The third-order valence-corrected chi connectivity index (χ3v) is 1.64. The molecule has 0 radical (unpaired) electrons. The average Bonchev–Trinajstić information content (AvgIpc) is 1.88. The molecule has 0 unspecified atom stereocenters. The van der Waals surface area contributed by atoms with E-state index in [4.69, 9.17) is 0 Å². The van der Waals surface area contributed by atoms with Gasteiger partial charge in [-0.25, -0.2) is 0 Å². The van der Waals surface area contributed by atoms with Crippen LogP contribution in [0.2, 0.25) is 0 Å². The van der Waals surface area contributed by atoms with E-state index in [0.29, 0.717) is 5.41 Å². The smallest absolute Gasteiger partial charge is 0.0132 e. The van der Waals surface area contributed by atoms with Crippen molar-refractivity contribution in [2.45, 2.75) is 26.2 Å². The van der Waals surface area contributed by atoms with Gasteiger partial charge in [0.2, 0.25) is 0 Å². The summed E-state index contributed by atoms with van der Waals surface area (Å²) in [6, 6.07) is 10.6. The summed E-state index contributed by atoms with van der Waals surface area (Å²) in [7, 11) is 0. The Bertz CT molecular complexity index is 199. The van der Waals surface area contributed by atoms with Gasteiger partial charge in [-0.3, -0.25) is 0 Å². The highest BCUT2D eigenvalue weighted by atomic mass is 35.5. The molecule has 1 aromatic carbocycles. The first kappa shape index (κ1) is 14.3. The molecule has 0 bridgehead atoms. The minimum Gasteiger partial charge on any atom is -0.147 e. The maximum atomic E-state index is 2.22. The van der Waals surface area contributed by atoms with Crippen molar-refractivity contribution in [1.82, 2.24) is 0 Å². The van der Waals surface area contributed by atoms with E-state index in [-0.39, 0.29) is 24.8 Å². The second-order valence-electron chi connectivity index (χ2n) is 3.62. The lowest BCUT2D eigenvalue weighted by Crippen LogP contribution is -2.10.